The lowest BCUT2D eigenvalue weighted by molar-refractivity contribution is -0.130. The first kappa shape index (κ1) is 18.7. The van der Waals surface area contributed by atoms with Crippen LogP contribution in [0.1, 0.15) is 32.1 Å². The summed E-state index contributed by atoms with van der Waals surface area (Å²) < 4.78 is 0. The number of hydrogen-bond donors (Lipinski definition) is 2. The van der Waals surface area contributed by atoms with Gasteiger partial charge in [0, 0.05) is 18.8 Å². The van der Waals surface area contributed by atoms with Crippen LogP contribution in [0.5, 0.6) is 0 Å². The van der Waals surface area contributed by atoms with E-state index in [0.717, 1.165) is 18.5 Å². The summed E-state index contributed by atoms with van der Waals surface area (Å²) in [4.78, 5) is 18.1. The van der Waals surface area contributed by atoms with Gasteiger partial charge in [0.25, 0.3) is 0 Å². The summed E-state index contributed by atoms with van der Waals surface area (Å²) >= 11 is 0. The number of hydrogen-bond acceptors (Lipinski definition) is 2. The Morgan fingerprint density at radius 3 is 2.55 bits per heavy atom. The quantitative estimate of drug-likeness (QED) is 0.451. The van der Waals surface area contributed by atoms with Crippen molar-refractivity contribution >= 4 is 41.5 Å². The number of benzene rings is 1. The molecule has 1 aliphatic rings. The lowest BCUT2D eigenvalue weighted by Crippen LogP contribution is -2.40. The van der Waals surface area contributed by atoms with Gasteiger partial charge in [0.05, 0.1) is 0 Å². The fourth-order valence-corrected chi connectivity index (χ4v) is 2.65. The largest absolute Gasteiger partial charge is 0.370 e. The maximum Gasteiger partial charge on any atom is 0.244 e. The second-order valence-electron chi connectivity index (χ2n) is 5.49. The van der Waals surface area contributed by atoms with Crippen LogP contribution in [0.3, 0.4) is 0 Å². The SMILES string of the molecule is CN(C(=O)CN=C(N)Nc1ccccc1)C1CCCCC1.I. The summed E-state index contributed by atoms with van der Waals surface area (Å²) in [5.74, 6) is 0.298. The van der Waals surface area contributed by atoms with Gasteiger partial charge in [-0.25, -0.2) is 4.99 Å². The number of para-hydroxylation sites is 1. The van der Waals surface area contributed by atoms with E-state index in [-0.39, 0.29) is 42.4 Å². The molecule has 1 aromatic carbocycles. The fraction of sp³-hybridized carbons (Fsp3) is 0.500. The second kappa shape index (κ2) is 9.66. The highest BCUT2D eigenvalue weighted by Gasteiger charge is 2.21. The molecule has 0 atom stereocenters. The summed E-state index contributed by atoms with van der Waals surface area (Å²) in [6.07, 6.45) is 5.91. The zero-order valence-electron chi connectivity index (χ0n) is 13.0. The number of nitrogens with zero attached hydrogens (tertiary/aromatic N) is 2. The van der Waals surface area contributed by atoms with Crippen LogP contribution in [0.25, 0.3) is 0 Å². The predicted octanol–water partition coefficient (Wildman–Crippen LogP) is 2.82. The molecule has 3 N–H and O–H groups in total. The number of rotatable bonds is 4. The van der Waals surface area contributed by atoms with Gasteiger partial charge in [0.15, 0.2) is 5.96 Å². The molecular weight excluding hydrogens is 391 g/mol. The molecule has 0 aromatic heterocycles. The van der Waals surface area contributed by atoms with Gasteiger partial charge in [-0.3, -0.25) is 4.79 Å². The Bertz CT molecular complexity index is 486. The minimum Gasteiger partial charge on any atom is -0.370 e. The molecule has 5 nitrogen and oxygen atoms in total. The van der Waals surface area contributed by atoms with Gasteiger partial charge >= 0.3 is 0 Å². The molecule has 2 rings (SSSR count). The van der Waals surface area contributed by atoms with Crippen molar-refractivity contribution < 1.29 is 4.79 Å². The standard InChI is InChI=1S/C16H24N4O.HI/c1-20(14-10-6-3-7-11-14)15(21)12-18-16(17)19-13-8-4-2-5-9-13;/h2,4-5,8-9,14H,3,6-7,10-12H2,1H3,(H3,17,18,19);1H. The molecule has 0 unspecified atom stereocenters. The molecule has 0 spiro atoms. The van der Waals surface area contributed by atoms with Gasteiger partial charge in [-0.05, 0) is 25.0 Å². The Balaban J connectivity index is 0.00000242. The fourth-order valence-electron chi connectivity index (χ4n) is 2.65. The molecule has 0 radical (unpaired) electrons. The Labute approximate surface area is 149 Å². The lowest BCUT2D eigenvalue weighted by Gasteiger charge is -2.30. The molecule has 0 saturated heterocycles. The molecular formula is C16H25IN4O. The van der Waals surface area contributed by atoms with Crippen LogP contribution in [-0.4, -0.2) is 36.4 Å². The number of carbonyl (C=O) groups is 1. The van der Waals surface area contributed by atoms with Crippen LogP contribution in [0.4, 0.5) is 5.69 Å². The van der Waals surface area contributed by atoms with Gasteiger partial charge in [-0.1, -0.05) is 37.5 Å². The zero-order chi connectivity index (χ0) is 15.1. The van der Waals surface area contributed by atoms with E-state index in [0.29, 0.717) is 6.04 Å². The van der Waals surface area contributed by atoms with Crippen molar-refractivity contribution in [2.75, 3.05) is 18.9 Å². The molecule has 1 amide bonds. The van der Waals surface area contributed by atoms with E-state index in [4.69, 9.17) is 5.73 Å². The molecule has 0 bridgehead atoms. The van der Waals surface area contributed by atoms with Crippen LogP contribution in [0.2, 0.25) is 0 Å². The van der Waals surface area contributed by atoms with Gasteiger partial charge in [-0.15, -0.1) is 24.0 Å². The van der Waals surface area contributed by atoms with Crippen molar-refractivity contribution in [2.24, 2.45) is 10.7 Å². The number of halogens is 1. The summed E-state index contributed by atoms with van der Waals surface area (Å²) in [6, 6.07) is 9.93. The topological polar surface area (TPSA) is 70.7 Å². The number of guanidine groups is 1. The second-order valence-corrected chi connectivity index (χ2v) is 5.49. The van der Waals surface area contributed by atoms with E-state index in [9.17, 15) is 4.79 Å². The van der Waals surface area contributed by atoms with E-state index in [1.807, 2.05) is 42.3 Å². The highest BCUT2D eigenvalue weighted by atomic mass is 127. The number of carbonyl (C=O) groups excluding carboxylic acids is 1. The molecule has 1 aliphatic carbocycles. The number of anilines is 1. The highest BCUT2D eigenvalue weighted by Crippen LogP contribution is 2.21. The molecule has 22 heavy (non-hydrogen) atoms. The minimum absolute atomic E-state index is 0. The Hall–Kier alpha value is -1.31. The van der Waals surface area contributed by atoms with Gasteiger partial charge in [0.2, 0.25) is 5.91 Å². The lowest BCUT2D eigenvalue weighted by atomic mass is 9.94. The monoisotopic (exact) mass is 416 g/mol. The zero-order valence-corrected chi connectivity index (χ0v) is 15.3. The van der Waals surface area contributed by atoms with Crippen LogP contribution in [0.15, 0.2) is 35.3 Å². The first-order chi connectivity index (χ1) is 10.2. The molecule has 0 heterocycles. The van der Waals surface area contributed by atoms with E-state index < -0.39 is 0 Å². The van der Waals surface area contributed by atoms with Crippen molar-refractivity contribution in [3.05, 3.63) is 30.3 Å². The highest BCUT2D eigenvalue weighted by molar-refractivity contribution is 14.0. The summed E-state index contributed by atoms with van der Waals surface area (Å²) in [7, 11) is 1.87. The first-order valence-electron chi connectivity index (χ1n) is 7.54. The molecule has 0 aliphatic heterocycles. The third-order valence-corrected chi connectivity index (χ3v) is 3.95. The van der Waals surface area contributed by atoms with Crippen molar-refractivity contribution in [1.82, 2.24) is 4.90 Å². The molecule has 122 valence electrons. The van der Waals surface area contributed by atoms with E-state index >= 15 is 0 Å². The van der Waals surface area contributed by atoms with Gasteiger partial charge in [-0.2, -0.15) is 0 Å². The van der Waals surface area contributed by atoms with Crippen LogP contribution < -0.4 is 11.1 Å². The van der Waals surface area contributed by atoms with Crippen LogP contribution in [0, 0.1) is 0 Å². The van der Waals surface area contributed by atoms with Crippen LogP contribution in [-0.2, 0) is 4.79 Å². The van der Waals surface area contributed by atoms with E-state index in [2.05, 4.69) is 10.3 Å². The maximum absolute atomic E-state index is 12.1. The molecule has 1 aromatic rings. The number of nitrogens with two attached hydrogens (primary N) is 1. The number of amides is 1. The summed E-state index contributed by atoms with van der Waals surface area (Å²) in [5.41, 5.74) is 6.67. The number of likely N-dealkylation sites (N-methyl/N-ethyl adjacent to an activating group) is 1. The maximum atomic E-state index is 12.1. The summed E-state index contributed by atoms with van der Waals surface area (Å²) in [6.45, 7) is 0.0959. The predicted molar refractivity (Wildman–Crippen MR) is 102 cm³/mol. The van der Waals surface area contributed by atoms with Crippen molar-refractivity contribution in [3.8, 4) is 0 Å². The molecule has 1 fully saturated rings. The van der Waals surface area contributed by atoms with Crippen molar-refractivity contribution in [1.29, 1.82) is 0 Å². The van der Waals surface area contributed by atoms with E-state index in [1.54, 1.807) is 0 Å². The minimum atomic E-state index is 0. The van der Waals surface area contributed by atoms with Gasteiger partial charge in [0.1, 0.15) is 6.54 Å². The third kappa shape index (κ3) is 5.82. The van der Waals surface area contributed by atoms with Gasteiger partial charge < -0.3 is 16.0 Å². The van der Waals surface area contributed by atoms with Crippen LogP contribution >= 0.6 is 24.0 Å². The average molecular weight is 416 g/mol. The number of aliphatic imine (C=N–C) groups is 1. The smallest absolute Gasteiger partial charge is 0.244 e. The Kier molecular flexibility index (Phi) is 8.22. The Morgan fingerprint density at radius 2 is 1.91 bits per heavy atom. The van der Waals surface area contributed by atoms with Crippen molar-refractivity contribution in [2.45, 2.75) is 38.1 Å². The molecule has 1 saturated carbocycles. The number of nitrogens with one attached hydrogen (secondary N) is 1. The first-order valence-corrected chi connectivity index (χ1v) is 7.54. The third-order valence-electron chi connectivity index (χ3n) is 3.95. The van der Waals surface area contributed by atoms with Crippen molar-refractivity contribution in [3.63, 3.8) is 0 Å². The molecule has 6 heteroatoms. The Morgan fingerprint density at radius 1 is 1.27 bits per heavy atom. The average Bonchev–Trinajstić information content (AvgIpc) is 2.53. The summed E-state index contributed by atoms with van der Waals surface area (Å²) in [5, 5.41) is 2.97. The normalized spacial score (nSPS) is 15.8. The van der Waals surface area contributed by atoms with E-state index in [1.165, 1.54) is 19.3 Å².